The zero-order valence-electron chi connectivity index (χ0n) is 10.2. The maximum atomic E-state index is 11.2. The Hall–Kier alpha value is -1.92. The zero-order valence-corrected chi connectivity index (χ0v) is 11.0. The highest BCUT2D eigenvalue weighted by atomic mass is 35.5. The van der Waals surface area contributed by atoms with Crippen molar-refractivity contribution in [2.75, 3.05) is 13.7 Å². The van der Waals surface area contributed by atoms with Crippen LogP contribution in [0.5, 0.6) is 0 Å². The van der Waals surface area contributed by atoms with Crippen LogP contribution in [-0.2, 0) is 16.1 Å². The third-order valence-corrected chi connectivity index (χ3v) is 2.62. The Labute approximate surface area is 114 Å². The van der Waals surface area contributed by atoms with Crippen LogP contribution in [-0.4, -0.2) is 29.8 Å². The average Bonchev–Trinajstić information content (AvgIpc) is 2.86. The van der Waals surface area contributed by atoms with Crippen LogP contribution in [0.25, 0.3) is 11.4 Å². The zero-order chi connectivity index (χ0) is 13.7. The van der Waals surface area contributed by atoms with Crippen LogP contribution in [0.2, 0.25) is 5.02 Å². The van der Waals surface area contributed by atoms with Gasteiger partial charge in [-0.05, 0) is 12.1 Å². The van der Waals surface area contributed by atoms with Crippen LogP contribution >= 0.6 is 11.6 Å². The predicted octanol–water partition coefficient (Wildman–Crippen LogP) is 1.65. The van der Waals surface area contributed by atoms with E-state index in [0.717, 1.165) is 0 Å². The molecule has 2 aromatic rings. The Bertz CT molecular complexity index is 571. The van der Waals surface area contributed by atoms with Gasteiger partial charge < -0.3 is 14.6 Å². The average molecular weight is 282 g/mol. The third kappa shape index (κ3) is 3.52. The highest BCUT2D eigenvalue weighted by molar-refractivity contribution is 6.33. The molecular formula is C12H12ClN3O3. The van der Waals surface area contributed by atoms with Gasteiger partial charge in [0.05, 0.1) is 11.6 Å². The lowest BCUT2D eigenvalue weighted by Crippen LogP contribution is -2.26. The molecule has 0 bridgehead atoms. The molecule has 0 unspecified atom stereocenters. The van der Waals surface area contributed by atoms with Gasteiger partial charge in [-0.15, -0.1) is 0 Å². The molecule has 0 saturated heterocycles. The quantitative estimate of drug-likeness (QED) is 0.902. The van der Waals surface area contributed by atoms with Gasteiger partial charge in [0.2, 0.25) is 17.6 Å². The summed E-state index contributed by atoms with van der Waals surface area (Å²) in [6.07, 6.45) is 0. The molecule has 1 N–H and O–H groups in total. The van der Waals surface area contributed by atoms with Crippen molar-refractivity contribution in [1.82, 2.24) is 15.5 Å². The summed E-state index contributed by atoms with van der Waals surface area (Å²) in [7, 11) is 1.45. The molecule has 1 amide bonds. The summed E-state index contributed by atoms with van der Waals surface area (Å²) in [5.74, 6) is 0.445. The topological polar surface area (TPSA) is 77.2 Å². The van der Waals surface area contributed by atoms with E-state index >= 15 is 0 Å². The summed E-state index contributed by atoms with van der Waals surface area (Å²) >= 11 is 6.03. The molecule has 0 radical (unpaired) electrons. The van der Waals surface area contributed by atoms with Crippen LogP contribution in [0.4, 0.5) is 0 Å². The molecule has 0 atom stereocenters. The smallest absolute Gasteiger partial charge is 0.246 e. The maximum absolute atomic E-state index is 11.2. The summed E-state index contributed by atoms with van der Waals surface area (Å²) in [6, 6.07) is 7.18. The number of benzene rings is 1. The lowest BCUT2D eigenvalue weighted by molar-refractivity contribution is -0.125. The molecule has 7 heteroatoms. The van der Waals surface area contributed by atoms with Crippen LogP contribution in [0.3, 0.4) is 0 Å². The van der Waals surface area contributed by atoms with Crippen molar-refractivity contribution in [2.45, 2.75) is 6.54 Å². The predicted molar refractivity (Wildman–Crippen MR) is 68.5 cm³/mol. The van der Waals surface area contributed by atoms with Crippen LogP contribution in [0, 0.1) is 0 Å². The number of methoxy groups -OCH3 is 1. The van der Waals surface area contributed by atoms with Crippen LogP contribution in [0.15, 0.2) is 28.8 Å². The van der Waals surface area contributed by atoms with E-state index in [-0.39, 0.29) is 19.1 Å². The number of hydrogen-bond donors (Lipinski definition) is 1. The molecule has 1 heterocycles. The molecule has 1 aromatic heterocycles. The van der Waals surface area contributed by atoms with Crippen molar-refractivity contribution in [1.29, 1.82) is 0 Å². The molecule has 0 spiro atoms. The minimum atomic E-state index is -0.250. The summed E-state index contributed by atoms with van der Waals surface area (Å²) < 4.78 is 9.71. The van der Waals surface area contributed by atoms with Crippen molar-refractivity contribution in [3.63, 3.8) is 0 Å². The number of nitrogens with zero attached hydrogens (tertiary/aromatic N) is 2. The number of hydrogen-bond acceptors (Lipinski definition) is 5. The van der Waals surface area contributed by atoms with Gasteiger partial charge >= 0.3 is 0 Å². The van der Waals surface area contributed by atoms with Gasteiger partial charge in [0.25, 0.3) is 0 Å². The van der Waals surface area contributed by atoms with E-state index in [0.29, 0.717) is 22.3 Å². The molecule has 0 fully saturated rings. The van der Waals surface area contributed by atoms with Crippen molar-refractivity contribution in [3.8, 4) is 11.4 Å². The molecule has 1 aromatic carbocycles. The SMILES string of the molecule is COCC(=O)NCc1nc(-c2ccccc2Cl)no1. The second kappa shape index (κ2) is 6.31. The van der Waals surface area contributed by atoms with Gasteiger partial charge in [-0.2, -0.15) is 4.98 Å². The van der Waals surface area contributed by atoms with E-state index in [4.69, 9.17) is 16.1 Å². The van der Waals surface area contributed by atoms with Gasteiger partial charge in [-0.1, -0.05) is 28.9 Å². The number of carbonyl (C=O) groups excluding carboxylic acids is 1. The Morgan fingerprint density at radius 2 is 2.26 bits per heavy atom. The fraction of sp³-hybridized carbons (Fsp3) is 0.250. The van der Waals surface area contributed by atoms with E-state index in [1.165, 1.54) is 7.11 Å². The van der Waals surface area contributed by atoms with Gasteiger partial charge in [-0.3, -0.25) is 4.79 Å². The van der Waals surface area contributed by atoms with E-state index < -0.39 is 0 Å². The number of rotatable bonds is 5. The summed E-state index contributed by atoms with van der Waals surface area (Å²) in [6.45, 7) is 0.144. The van der Waals surface area contributed by atoms with Gasteiger partial charge in [0.1, 0.15) is 6.61 Å². The van der Waals surface area contributed by atoms with Crippen LogP contribution in [0.1, 0.15) is 5.89 Å². The minimum Gasteiger partial charge on any atom is -0.375 e. The fourth-order valence-electron chi connectivity index (χ4n) is 1.43. The third-order valence-electron chi connectivity index (χ3n) is 2.30. The van der Waals surface area contributed by atoms with Gasteiger partial charge in [0.15, 0.2) is 0 Å². The first-order valence-corrected chi connectivity index (χ1v) is 5.91. The molecule has 0 aliphatic rings. The lowest BCUT2D eigenvalue weighted by atomic mass is 10.2. The normalized spacial score (nSPS) is 10.4. The largest absolute Gasteiger partial charge is 0.375 e. The van der Waals surface area contributed by atoms with E-state index in [1.807, 2.05) is 12.1 Å². The number of carbonyl (C=O) groups is 1. The molecule has 6 nitrogen and oxygen atoms in total. The number of halogens is 1. The van der Waals surface area contributed by atoms with Crippen molar-refractivity contribution in [3.05, 3.63) is 35.2 Å². The highest BCUT2D eigenvalue weighted by Crippen LogP contribution is 2.24. The first-order chi connectivity index (χ1) is 9.20. The molecule has 0 aliphatic heterocycles. The molecule has 2 rings (SSSR count). The standard InChI is InChI=1S/C12H12ClN3O3/c1-18-7-10(17)14-6-11-15-12(16-19-11)8-4-2-3-5-9(8)13/h2-5H,6-7H2,1H3,(H,14,17). The molecule has 0 aliphatic carbocycles. The van der Waals surface area contributed by atoms with Crippen molar-refractivity contribution >= 4 is 17.5 Å². The lowest BCUT2D eigenvalue weighted by Gasteiger charge is -1.99. The number of ether oxygens (including phenoxy) is 1. The second-order valence-electron chi connectivity index (χ2n) is 3.70. The monoisotopic (exact) mass is 281 g/mol. The molecule has 100 valence electrons. The Morgan fingerprint density at radius 1 is 1.47 bits per heavy atom. The Morgan fingerprint density at radius 3 is 3.00 bits per heavy atom. The van der Waals surface area contributed by atoms with Crippen LogP contribution < -0.4 is 5.32 Å². The fourth-order valence-corrected chi connectivity index (χ4v) is 1.66. The van der Waals surface area contributed by atoms with Crippen molar-refractivity contribution in [2.24, 2.45) is 0 Å². The second-order valence-corrected chi connectivity index (χ2v) is 4.11. The summed E-state index contributed by atoms with van der Waals surface area (Å²) in [5.41, 5.74) is 0.683. The summed E-state index contributed by atoms with van der Waals surface area (Å²) in [4.78, 5) is 15.4. The highest BCUT2D eigenvalue weighted by Gasteiger charge is 2.11. The van der Waals surface area contributed by atoms with Crippen molar-refractivity contribution < 1.29 is 14.1 Å². The Balaban J connectivity index is 2.04. The first-order valence-electron chi connectivity index (χ1n) is 5.54. The number of aromatic nitrogens is 2. The van der Waals surface area contributed by atoms with Gasteiger partial charge in [0, 0.05) is 12.7 Å². The van der Waals surface area contributed by atoms with E-state index in [2.05, 4.69) is 20.2 Å². The first kappa shape index (κ1) is 13.5. The number of nitrogens with one attached hydrogen (secondary N) is 1. The minimum absolute atomic E-state index is 0.00842. The summed E-state index contributed by atoms with van der Waals surface area (Å²) in [5, 5.41) is 6.94. The molecular weight excluding hydrogens is 270 g/mol. The molecule has 19 heavy (non-hydrogen) atoms. The number of amides is 1. The van der Waals surface area contributed by atoms with Gasteiger partial charge in [-0.25, -0.2) is 0 Å². The van der Waals surface area contributed by atoms with E-state index in [1.54, 1.807) is 12.1 Å². The molecule has 0 saturated carbocycles. The Kier molecular flexibility index (Phi) is 4.48. The maximum Gasteiger partial charge on any atom is 0.246 e. The van der Waals surface area contributed by atoms with E-state index in [9.17, 15) is 4.79 Å².